The number of carbonyl (C=O) groups excluding carboxylic acids is 1. The fourth-order valence-corrected chi connectivity index (χ4v) is 9.03. The Morgan fingerprint density at radius 1 is 1.02 bits per heavy atom. The summed E-state index contributed by atoms with van der Waals surface area (Å²) < 4.78 is 17.9. The minimum absolute atomic E-state index is 0.0868. The Kier molecular flexibility index (Phi) is 9.21. The molecule has 4 bridgehead atoms. The minimum Gasteiger partial charge on any atom is -0.489 e. The second kappa shape index (κ2) is 13.6. The number of nitrogens with zero attached hydrogens (tertiary/aromatic N) is 5. The molecule has 0 radical (unpaired) electrons. The van der Waals surface area contributed by atoms with Crippen molar-refractivity contribution in [2.24, 2.45) is 5.92 Å². The number of carbonyl (C=O) groups is 1. The summed E-state index contributed by atoms with van der Waals surface area (Å²) in [6.45, 7) is 7.47. The van der Waals surface area contributed by atoms with Crippen molar-refractivity contribution in [1.29, 1.82) is 0 Å². The maximum Gasteiger partial charge on any atom is 0.283 e. The summed E-state index contributed by atoms with van der Waals surface area (Å²) in [6, 6.07) is 12.8. The first-order valence-electron chi connectivity index (χ1n) is 17.9. The van der Waals surface area contributed by atoms with Gasteiger partial charge in [-0.05, 0) is 88.0 Å². The maximum atomic E-state index is 14.1. The van der Waals surface area contributed by atoms with Crippen LogP contribution in [0.3, 0.4) is 0 Å². The Hall–Kier alpha value is -2.64. The minimum atomic E-state index is -0.859. The molecule has 2 saturated heterocycles. The predicted octanol–water partition coefficient (Wildman–Crippen LogP) is 5.85. The zero-order valence-corrected chi connectivity index (χ0v) is 29.4. The molecule has 258 valence electrons. The van der Waals surface area contributed by atoms with E-state index in [-0.39, 0.29) is 17.9 Å². The van der Waals surface area contributed by atoms with Crippen molar-refractivity contribution in [2.45, 2.75) is 89.4 Å². The van der Waals surface area contributed by atoms with Crippen LogP contribution < -0.4 is 9.47 Å². The number of hydrazine groups is 1. The summed E-state index contributed by atoms with van der Waals surface area (Å²) in [5, 5.41) is 3.37. The van der Waals surface area contributed by atoms with Crippen LogP contribution in [-0.2, 0) is 27.7 Å². The van der Waals surface area contributed by atoms with Gasteiger partial charge in [0.2, 0.25) is 5.78 Å². The fraction of sp³-hybridized carbons (Fsp3) is 0.595. The Labute approximate surface area is 289 Å². The quantitative estimate of drug-likeness (QED) is 0.189. The number of ether oxygens (including phenoxy) is 2. The van der Waals surface area contributed by atoms with Crippen LogP contribution in [-0.4, -0.2) is 95.0 Å². The smallest absolute Gasteiger partial charge is 0.283 e. The van der Waals surface area contributed by atoms with E-state index in [0.29, 0.717) is 32.2 Å². The average Bonchev–Trinajstić information content (AvgIpc) is 3.74. The molecule has 5 aliphatic rings. The highest BCUT2D eigenvalue weighted by Crippen LogP contribution is 2.50. The zero-order valence-electron chi connectivity index (χ0n) is 28.5. The van der Waals surface area contributed by atoms with Crippen molar-refractivity contribution in [2.75, 3.05) is 46.9 Å². The third-order valence-corrected chi connectivity index (χ3v) is 12.0. The van der Waals surface area contributed by atoms with Gasteiger partial charge in [-0.25, -0.2) is 5.01 Å². The molecule has 11 heteroatoms. The second-order valence-corrected chi connectivity index (χ2v) is 14.9. The topological polar surface area (TPSA) is 78.5 Å². The standard InChI is InChI=1S/C37H49N5O5S/c1-24-38(2)33(35(43)37-46-47-37)27-22-41-30-20-25(21-42(48)39(24)3)14-15-28(30)32(26-10-5-4-6-11-26)34(41)29-12-9-13-31(36(29)45-23-27)44-19-18-40-16-7-8-17-40/h9,12-15,20,24,26-27,33,37,48H,4-8,10-11,16-19,21-23H2,1-3H3/t24?,27-,33?/m0/s1. The van der Waals surface area contributed by atoms with Gasteiger partial charge in [0, 0.05) is 49.1 Å². The molecular formula is C37H49N5O5S. The molecule has 3 aromatic rings. The summed E-state index contributed by atoms with van der Waals surface area (Å²) in [6.07, 6.45) is 7.61. The first kappa shape index (κ1) is 32.6. The van der Waals surface area contributed by atoms with Crippen molar-refractivity contribution >= 4 is 29.5 Å². The molecule has 0 amide bonds. The van der Waals surface area contributed by atoms with Gasteiger partial charge in [-0.1, -0.05) is 50.3 Å². The van der Waals surface area contributed by atoms with Gasteiger partial charge < -0.3 is 14.0 Å². The molecule has 5 heterocycles. The van der Waals surface area contributed by atoms with E-state index in [2.05, 4.69) is 56.6 Å². The molecule has 2 aromatic carbocycles. The van der Waals surface area contributed by atoms with Crippen LogP contribution in [0, 0.1) is 5.92 Å². The Morgan fingerprint density at radius 3 is 2.58 bits per heavy atom. The number of Topliss-reactive ketones (excluding diaryl/α,β-unsaturated/α-hetero) is 1. The lowest BCUT2D eigenvalue weighted by Gasteiger charge is -2.43. The first-order chi connectivity index (χ1) is 23.4. The van der Waals surface area contributed by atoms with E-state index in [1.807, 2.05) is 24.6 Å². The summed E-state index contributed by atoms with van der Waals surface area (Å²) >= 11 is 4.92. The normalized spacial score (nSPS) is 26.5. The molecule has 1 aliphatic carbocycles. The van der Waals surface area contributed by atoms with Crippen LogP contribution in [0.5, 0.6) is 11.5 Å². The number of aromatic nitrogens is 1. The largest absolute Gasteiger partial charge is 0.489 e. The summed E-state index contributed by atoms with van der Waals surface area (Å²) in [5.74, 6) is 1.70. The van der Waals surface area contributed by atoms with E-state index in [0.717, 1.165) is 36.7 Å². The number of para-hydroxylation sites is 1. The highest BCUT2D eigenvalue weighted by Gasteiger charge is 2.47. The van der Waals surface area contributed by atoms with Crippen LogP contribution in [0.25, 0.3) is 22.2 Å². The van der Waals surface area contributed by atoms with Crippen LogP contribution >= 0.6 is 12.8 Å². The molecule has 4 aliphatic heterocycles. The SMILES string of the molecule is CC1N(C)C(C(=O)C2OO2)[C@@H]2COc3c(OCCN4CCCC4)cccc3-c3c(C4CCCCC4)c4ccc(cc4n3C2)CN(S)N1C. The van der Waals surface area contributed by atoms with Crippen LogP contribution in [0.4, 0.5) is 0 Å². The number of likely N-dealkylation sites (tertiary alicyclic amines) is 1. The molecule has 3 fully saturated rings. The van der Waals surface area contributed by atoms with Gasteiger partial charge in [-0.3, -0.25) is 14.6 Å². The third kappa shape index (κ3) is 6.05. The summed E-state index contributed by atoms with van der Waals surface area (Å²) in [5.41, 5.74) is 6.08. The maximum absolute atomic E-state index is 14.1. The fourth-order valence-electron chi connectivity index (χ4n) is 8.72. The number of fused-ring (bicyclic) bond motifs is 4. The lowest BCUT2D eigenvalue weighted by molar-refractivity contribution is -0.133. The molecule has 2 unspecified atom stereocenters. The lowest BCUT2D eigenvalue weighted by atomic mass is 9.81. The number of rotatable bonds is 7. The number of benzene rings is 2. The monoisotopic (exact) mass is 675 g/mol. The number of hydrogen-bond donors (Lipinski definition) is 1. The molecule has 48 heavy (non-hydrogen) atoms. The molecule has 10 nitrogen and oxygen atoms in total. The van der Waals surface area contributed by atoms with E-state index < -0.39 is 12.3 Å². The van der Waals surface area contributed by atoms with Crippen LogP contribution in [0.1, 0.15) is 68.9 Å². The van der Waals surface area contributed by atoms with E-state index in [1.165, 1.54) is 72.7 Å². The van der Waals surface area contributed by atoms with Crippen molar-refractivity contribution in [3.05, 3.63) is 47.5 Å². The van der Waals surface area contributed by atoms with Gasteiger partial charge in [-0.2, -0.15) is 14.2 Å². The van der Waals surface area contributed by atoms with Crippen LogP contribution in [0.15, 0.2) is 36.4 Å². The van der Waals surface area contributed by atoms with E-state index in [4.69, 9.17) is 32.1 Å². The highest BCUT2D eigenvalue weighted by molar-refractivity contribution is 7.77. The molecule has 0 spiro atoms. The van der Waals surface area contributed by atoms with Gasteiger partial charge in [0.05, 0.1) is 24.5 Å². The van der Waals surface area contributed by atoms with Crippen molar-refractivity contribution in [3.8, 4) is 22.8 Å². The zero-order chi connectivity index (χ0) is 32.9. The second-order valence-electron chi connectivity index (χ2n) is 14.4. The van der Waals surface area contributed by atoms with Gasteiger partial charge in [-0.15, -0.1) is 0 Å². The van der Waals surface area contributed by atoms with Gasteiger partial charge in [0.25, 0.3) is 6.29 Å². The van der Waals surface area contributed by atoms with Crippen molar-refractivity contribution in [3.63, 3.8) is 0 Å². The molecule has 0 N–H and O–H groups in total. The Bertz CT molecular complexity index is 1650. The molecule has 1 aromatic heterocycles. The van der Waals surface area contributed by atoms with Crippen molar-refractivity contribution in [1.82, 2.24) is 23.8 Å². The summed E-state index contributed by atoms with van der Waals surface area (Å²) in [4.78, 5) is 29.0. The Morgan fingerprint density at radius 2 is 1.81 bits per heavy atom. The van der Waals surface area contributed by atoms with Gasteiger partial charge >= 0.3 is 0 Å². The number of ketones is 1. The van der Waals surface area contributed by atoms with Crippen LogP contribution in [0.2, 0.25) is 0 Å². The summed E-state index contributed by atoms with van der Waals surface area (Å²) in [7, 11) is 4.03. The van der Waals surface area contributed by atoms with Gasteiger partial charge in [0.1, 0.15) is 6.61 Å². The predicted molar refractivity (Wildman–Crippen MR) is 188 cm³/mol. The third-order valence-electron chi connectivity index (χ3n) is 11.6. The average molecular weight is 676 g/mol. The number of thiol groups is 1. The van der Waals surface area contributed by atoms with Gasteiger partial charge in [0.15, 0.2) is 11.5 Å². The molecule has 8 rings (SSSR count). The first-order valence-corrected chi connectivity index (χ1v) is 18.3. The Balaban J connectivity index is 1.32. The highest BCUT2D eigenvalue weighted by atomic mass is 32.1. The van der Waals surface area contributed by atoms with E-state index in [1.54, 1.807) is 0 Å². The molecule has 3 atom stereocenters. The lowest BCUT2D eigenvalue weighted by Crippen LogP contribution is -2.57. The van der Waals surface area contributed by atoms with E-state index in [9.17, 15) is 4.79 Å². The van der Waals surface area contributed by atoms with Crippen molar-refractivity contribution < 1.29 is 24.0 Å². The molecular weight excluding hydrogens is 627 g/mol. The number of hydrogen-bond acceptors (Lipinski definition) is 10. The van der Waals surface area contributed by atoms with E-state index >= 15 is 0 Å². The number of likely N-dealkylation sites (N-methyl/N-ethyl adjacent to an activating group) is 1. The molecule has 1 saturated carbocycles.